The van der Waals surface area contributed by atoms with E-state index in [-0.39, 0.29) is 5.82 Å². The fourth-order valence-electron chi connectivity index (χ4n) is 2.54. The highest BCUT2D eigenvalue weighted by Gasteiger charge is 2.18. The molecule has 0 atom stereocenters. The lowest BCUT2D eigenvalue weighted by Crippen LogP contribution is -2.02. The predicted octanol–water partition coefficient (Wildman–Crippen LogP) is 4.39. The number of thiophene rings is 1. The second kappa shape index (κ2) is 5.31. The van der Waals surface area contributed by atoms with E-state index in [4.69, 9.17) is 10.7 Å². The lowest BCUT2D eigenvalue weighted by Gasteiger charge is -2.04. The van der Waals surface area contributed by atoms with E-state index in [0.717, 1.165) is 32.5 Å². The number of hydrogen-bond donors (Lipinski definition) is 1. The number of halogens is 1. The van der Waals surface area contributed by atoms with Gasteiger partial charge in [-0.05, 0) is 41.3 Å². The normalized spacial score (nSPS) is 11.4. The maximum absolute atomic E-state index is 13.1. The SMILES string of the molecule is NCc1c(-c2cccs2)nc2scc(-c3ccc(F)cc3)n12. The highest BCUT2D eigenvalue weighted by molar-refractivity contribution is 7.15. The van der Waals surface area contributed by atoms with Crippen molar-refractivity contribution in [1.82, 2.24) is 9.38 Å². The lowest BCUT2D eigenvalue weighted by molar-refractivity contribution is 0.628. The third-order valence-corrected chi connectivity index (χ3v) is 5.25. The van der Waals surface area contributed by atoms with Crippen LogP contribution >= 0.6 is 22.7 Å². The molecule has 3 nitrogen and oxygen atoms in total. The molecule has 0 bridgehead atoms. The average molecular weight is 329 g/mol. The van der Waals surface area contributed by atoms with Gasteiger partial charge in [-0.3, -0.25) is 4.40 Å². The second-order valence-corrected chi connectivity index (χ2v) is 6.62. The fraction of sp³-hybridized carbons (Fsp3) is 0.0625. The molecule has 110 valence electrons. The van der Waals surface area contributed by atoms with Crippen LogP contribution in [0.4, 0.5) is 4.39 Å². The van der Waals surface area contributed by atoms with E-state index >= 15 is 0 Å². The molecule has 0 aliphatic heterocycles. The largest absolute Gasteiger partial charge is 0.325 e. The van der Waals surface area contributed by atoms with Crippen molar-refractivity contribution in [2.45, 2.75) is 6.54 Å². The van der Waals surface area contributed by atoms with Crippen LogP contribution in [-0.4, -0.2) is 9.38 Å². The van der Waals surface area contributed by atoms with Crippen molar-refractivity contribution in [2.24, 2.45) is 5.73 Å². The summed E-state index contributed by atoms with van der Waals surface area (Å²) in [5, 5.41) is 4.07. The van der Waals surface area contributed by atoms with Gasteiger partial charge in [-0.15, -0.1) is 22.7 Å². The molecule has 0 aliphatic rings. The van der Waals surface area contributed by atoms with E-state index in [0.29, 0.717) is 6.54 Å². The number of thiazole rings is 1. The van der Waals surface area contributed by atoms with E-state index in [1.165, 1.54) is 12.1 Å². The molecule has 0 aliphatic carbocycles. The molecule has 0 amide bonds. The molecule has 3 heterocycles. The first kappa shape index (κ1) is 13.6. The van der Waals surface area contributed by atoms with Gasteiger partial charge in [0.2, 0.25) is 0 Å². The van der Waals surface area contributed by atoms with Gasteiger partial charge >= 0.3 is 0 Å². The molecule has 0 saturated heterocycles. The average Bonchev–Trinajstić information content (AvgIpc) is 3.23. The monoisotopic (exact) mass is 329 g/mol. The summed E-state index contributed by atoms with van der Waals surface area (Å²) in [6.45, 7) is 0.402. The summed E-state index contributed by atoms with van der Waals surface area (Å²) in [6.07, 6.45) is 0. The molecule has 1 aromatic carbocycles. The van der Waals surface area contributed by atoms with Crippen LogP contribution < -0.4 is 5.73 Å². The van der Waals surface area contributed by atoms with E-state index in [9.17, 15) is 4.39 Å². The quantitative estimate of drug-likeness (QED) is 0.606. The van der Waals surface area contributed by atoms with E-state index in [2.05, 4.69) is 4.40 Å². The summed E-state index contributed by atoms with van der Waals surface area (Å²) >= 11 is 3.22. The van der Waals surface area contributed by atoms with Gasteiger partial charge in [-0.25, -0.2) is 9.37 Å². The summed E-state index contributed by atoms with van der Waals surface area (Å²) in [5.41, 5.74) is 9.86. The molecule has 22 heavy (non-hydrogen) atoms. The van der Waals surface area contributed by atoms with Gasteiger partial charge in [0.1, 0.15) is 11.5 Å². The Morgan fingerprint density at radius 1 is 1.14 bits per heavy atom. The molecule has 4 rings (SSSR count). The van der Waals surface area contributed by atoms with Crippen LogP contribution in [0.3, 0.4) is 0 Å². The summed E-state index contributed by atoms with van der Waals surface area (Å²) in [5.74, 6) is -0.237. The van der Waals surface area contributed by atoms with Gasteiger partial charge in [0.15, 0.2) is 4.96 Å². The Morgan fingerprint density at radius 3 is 2.64 bits per heavy atom. The Balaban J connectivity index is 1.96. The first-order valence-corrected chi connectivity index (χ1v) is 8.52. The Kier molecular flexibility index (Phi) is 3.29. The van der Waals surface area contributed by atoms with E-state index in [1.807, 2.05) is 22.9 Å². The topological polar surface area (TPSA) is 43.3 Å². The molecule has 2 N–H and O–H groups in total. The third-order valence-electron chi connectivity index (χ3n) is 3.55. The first-order valence-electron chi connectivity index (χ1n) is 6.76. The highest BCUT2D eigenvalue weighted by Crippen LogP contribution is 2.34. The Morgan fingerprint density at radius 2 is 1.95 bits per heavy atom. The van der Waals surface area contributed by atoms with Crippen molar-refractivity contribution in [3.8, 4) is 21.8 Å². The number of nitrogens with two attached hydrogens (primary N) is 1. The minimum absolute atomic E-state index is 0.237. The van der Waals surface area contributed by atoms with Gasteiger partial charge in [0.25, 0.3) is 0 Å². The molecular formula is C16H12FN3S2. The summed E-state index contributed by atoms with van der Waals surface area (Å²) < 4.78 is 15.2. The molecule has 0 unspecified atom stereocenters. The number of benzene rings is 1. The summed E-state index contributed by atoms with van der Waals surface area (Å²) in [7, 11) is 0. The van der Waals surface area contributed by atoms with Crippen molar-refractivity contribution in [2.75, 3.05) is 0 Å². The van der Waals surface area contributed by atoms with Crippen LogP contribution in [0.5, 0.6) is 0 Å². The van der Waals surface area contributed by atoms with Crippen LogP contribution in [0, 0.1) is 5.82 Å². The Hall–Kier alpha value is -2.02. The summed E-state index contributed by atoms with van der Waals surface area (Å²) in [6, 6.07) is 10.6. The number of rotatable bonds is 3. The van der Waals surface area contributed by atoms with Crippen molar-refractivity contribution in [3.63, 3.8) is 0 Å². The number of hydrogen-bond acceptors (Lipinski definition) is 4. The molecule has 3 aromatic heterocycles. The molecule has 0 radical (unpaired) electrons. The smallest absolute Gasteiger partial charge is 0.195 e. The minimum Gasteiger partial charge on any atom is -0.325 e. The van der Waals surface area contributed by atoms with Crippen LogP contribution in [0.25, 0.3) is 26.8 Å². The predicted molar refractivity (Wildman–Crippen MR) is 89.7 cm³/mol. The minimum atomic E-state index is -0.237. The molecule has 0 spiro atoms. The Labute approximate surface area is 134 Å². The molecule has 6 heteroatoms. The number of nitrogens with zero attached hydrogens (tertiary/aromatic N) is 2. The van der Waals surface area contributed by atoms with Crippen LogP contribution in [0.2, 0.25) is 0 Å². The molecule has 0 fully saturated rings. The van der Waals surface area contributed by atoms with Crippen LogP contribution in [0.15, 0.2) is 47.2 Å². The third kappa shape index (κ3) is 2.08. The maximum atomic E-state index is 13.1. The van der Waals surface area contributed by atoms with E-state index in [1.54, 1.807) is 34.8 Å². The fourth-order valence-corrected chi connectivity index (χ4v) is 4.19. The zero-order valence-electron chi connectivity index (χ0n) is 11.5. The highest BCUT2D eigenvalue weighted by atomic mass is 32.1. The van der Waals surface area contributed by atoms with Crippen molar-refractivity contribution >= 4 is 27.6 Å². The van der Waals surface area contributed by atoms with Gasteiger partial charge in [-0.2, -0.15) is 0 Å². The number of imidazole rings is 1. The summed E-state index contributed by atoms with van der Waals surface area (Å²) in [4.78, 5) is 6.75. The van der Waals surface area contributed by atoms with Crippen molar-refractivity contribution < 1.29 is 4.39 Å². The van der Waals surface area contributed by atoms with Gasteiger partial charge in [0, 0.05) is 11.9 Å². The standard InChI is InChI=1S/C16H12FN3S2/c17-11-5-3-10(4-6-11)13-9-22-16-19-15(12(8-18)20(13)16)14-2-1-7-21-14/h1-7,9H,8,18H2. The van der Waals surface area contributed by atoms with Crippen LogP contribution in [-0.2, 0) is 6.54 Å². The van der Waals surface area contributed by atoms with Crippen molar-refractivity contribution in [3.05, 3.63) is 58.7 Å². The zero-order chi connectivity index (χ0) is 15.1. The molecular weight excluding hydrogens is 317 g/mol. The Bertz CT molecular complexity index is 921. The zero-order valence-corrected chi connectivity index (χ0v) is 13.1. The van der Waals surface area contributed by atoms with Gasteiger partial charge in [-0.1, -0.05) is 6.07 Å². The lowest BCUT2D eigenvalue weighted by atomic mass is 10.1. The maximum Gasteiger partial charge on any atom is 0.195 e. The number of fused-ring (bicyclic) bond motifs is 1. The van der Waals surface area contributed by atoms with Gasteiger partial charge in [0.05, 0.1) is 16.3 Å². The second-order valence-electron chi connectivity index (χ2n) is 4.83. The van der Waals surface area contributed by atoms with Crippen molar-refractivity contribution in [1.29, 1.82) is 0 Å². The molecule has 0 saturated carbocycles. The first-order chi connectivity index (χ1) is 10.8. The van der Waals surface area contributed by atoms with Gasteiger partial charge < -0.3 is 5.73 Å². The van der Waals surface area contributed by atoms with Crippen LogP contribution in [0.1, 0.15) is 5.69 Å². The van der Waals surface area contributed by atoms with E-state index < -0.39 is 0 Å². The number of aromatic nitrogens is 2. The molecule has 4 aromatic rings.